The maximum atomic E-state index is 5.62. The Bertz CT molecular complexity index is 325. The highest BCUT2D eigenvalue weighted by Crippen LogP contribution is 2.41. The average Bonchev–Trinajstić information content (AvgIpc) is 2.64. The molecule has 1 aliphatic carbocycles. The van der Waals surface area contributed by atoms with Gasteiger partial charge in [-0.2, -0.15) is 10.2 Å². The fourth-order valence-corrected chi connectivity index (χ4v) is 1.85. The zero-order valence-corrected chi connectivity index (χ0v) is 7.19. The summed E-state index contributed by atoms with van der Waals surface area (Å²) < 4.78 is 11.2. The minimum absolute atomic E-state index is 0.515. The Hall–Kier alpha value is -1.00. The van der Waals surface area contributed by atoms with E-state index in [1.165, 1.54) is 0 Å². The van der Waals surface area contributed by atoms with Crippen LogP contribution in [0.5, 0.6) is 0 Å². The first-order chi connectivity index (χ1) is 6.38. The van der Waals surface area contributed by atoms with Crippen LogP contribution in [0.2, 0.25) is 0 Å². The van der Waals surface area contributed by atoms with Crippen LogP contribution < -0.4 is 0 Å². The topological polar surface area (TPSA) is 43.2 Å². The first-order valence-corrected chi connectivity index (χ1v) is 4.49. The van der Waals surface area contributed by atoms with E-state index in [2.05, 4.69) is 10.2 Å². The second kappa shape index (κ2) is 2.49. The van der Waals surface area contributed by atoms with Crippen LogP contribution in [0.3, 0.4) is 0 Å². The van der Waals surface area contributed by atoms with Crippen molar-refractivity contribution < 1.29 is 9.47 Å². The van der Waals surface area contributed by atoms with Crippen molar-refractivity contribution in [2.75, 3.05) is 13.2 Å². The van der Waals surface area contributed by atoms with E-state index in [1.807, 2.05) is 6.08 Å². The third-order valence-corrected chi connectivity index (χ3v) is 2.48. The first kappa shape index (κ1) is 7.41. The highest BCUT2D eigenvalue weighted by atomic mass is 16.7. The van der Waals surface area contributed by atoms with Crippen molar-refractivity contribution in [3.05, 3.63) is 23.5 Å². The van der Waals surface area contributed by atoms with E-state index >= 15 is 0 Å². The summed E-state index contributed by atoms with van der Waals surface area (Å²) in [7, 11) is 0. The lowest BCUT2D eigenvalue weighted by molar-refractivity contribution is -0.231. The average molecular weight is 178 g/mol. The largest absolute Gasteiger partial charge is 0.346 e. The third kappa shape index (κ3) is 1.06. The number of allylic oxidation sites excluding steroid dienone is 1. The number of rotatable bonds is 0. The van der Waals surface area contributed by atoms with Crippen LogP contribution in [-0.2, 0) is 9.47 Å². The first-order valence-electron chi connectivity index (χ1n) is 4.49. The Morgan fingerprint density at radius 1 is 1.31 bits per heavy atom. The number of nitrogens with zero attached hydrogens (tertiary/aromatic N) is 2. The fourth-order valence-electron chi connectivity index (χ4n) is 1.85. The number of ether oxygens (including phenoxy) is 2. The molecule has 13 heavy (non-hydrogen) atoms. The smallest absolute Gasteiger partial charge is 0.194 e. The minimum atomic E-state index is -0.515. The van der Waals surface area contributed by atoms with Gasteiger partial charge < -0.3 is 9.47 Å². The third-order valence-electron chi connectivity index (χ3n) is 2.48. The molecule has 0 N–H and O–H groups in total. The van der Waals surface area contributed by atoms with Gasteiger partial charge >= 0.3 is 0 Å². The van der Waals surface area contributed by atoms with Crippen LogP contribution in [0.4, 0.5) is 0 Å². The van der Waals surface area contributed by atoms with Gasteiger partial charge in [-0.25, -0.2) is 0 Å². The molecule has 4 nitrogen and oxygen atoms in total. The zero-order chi connectivity index (χ0) is 8.73. The SMILES string of the molecule is C1=C2CC3(C=C2N=N1)OCCCO3. The van der Waals surface area contributed by atoms with E-state index in [0.29, 0.717) is 0 Å². The molecule has 3 rings (SSSR count). The molecule has 0 aromatic heterocycles. The van der Waals surface area contributed by atoms with Gasteiger partial charge in [-0.1, -0.05) is 0 Å². The molecule has 0 aromatic rings. The number of hydrogen-bond donors (Lipinski definition) is 0. The normalized spacial score (nSPS) is 28.9. The predicted octanol–water partition coefficient (Wildman–Crippen LogP) is 1.76. The van der Waals surface area contributed by atoms with E-state index < -0.39 is 5.79 Å². The van der Waals surface area contributed by atoms with Gasteiger partial charge in [-0.05, 0) is 6.42 Å². The van der Waals surface area contributed by atoms with E-state index in [-0.39, 0.29) is 0 Å². The summed E-state index contributed by atoms with van der Waals surface area (Å²) in [4.78, 5) is 0. The standard InChI is InChI=1S/C9H10N2O2/c1-2-12-9(13-3-1)4-7-6-10-11-8(7)5-9/h5-6H,1-4H2. The van der Waals surface area contributed by atoms with Crippen LogP contribution in [0.25, 0.3) is 0 Å². The summed E-state index contributed by atoms with van der Waals surface area (Å²) >= 11 is 0. The molecule has 1 saturated heterocycles. The van der Waals surface area contributed by atoms with Crippen molar-refractivity contribution in [2.45, 2.75) is 18.6 Å². The van der Waals surface area contributed by atoms with Crippen molar-refractivity contribution in [2.24, 2.45) is 10.2 Å². The molecule has 1 fully saturated rings. The lowest BCUT2D eigenvalue weighted by Crippen LogP contribution is -2.36. The van der Waals surface area contributed by atoms with Crippen molar-refractivity contribution in [1.29, 1.82) is 0 Å². The molecule has 2 heterocycles. The molecule has 0 atom stereocenters. The molecule has 0 radical (unpaired) electrons. The van der Waals surface area contributed by atoms with Gasteiger partial charge in [0.2, 0.25) is 0 Å². The molecule has 4 heteroatoms. The Kier molecular flexibility index (Phi) is 1.42. The monoisotopic (exact) mass is 178 g/mol. The molecule has 3 aliphatic rings. The molecule has 0 unspecified atom stereocenters. The predicted molar refractivity (Wildman–Crippen MR) is 44.9 cm³/mol. The van der Waals surface area contributed by atoms with Gasteiger partial charge in [0, 0.05) is 18.1 Å². The lowest BCUT2D eigenvalue weighted by atomic mass is 10.2. The van der Waals surface area contributed by atoms with E-state index in [1.54, 1.807) is 6.20 Å². The zero-order valence-electron chi connectivity index (χ0n) is 7.19. The molecular formula is C9H10N2O2. The molecule has 0 saturated carbocycles. The second-order valence-electron chi connectivity index (χ2n) is 3.44. The number of hydrogen-bond acceptors (Lipinski definition) is 4. The number of fused-ring (bicyclic) bond motifs is 1. The Labute approximate surface area is 75.9 Å². The van der Waals surface area contributed by atoms with Crippen LogP contribution in [0.1, 0.15) is 12.8 Å². The fraction of sp³-hybridized carbons (Fsp3) is 0.556. The summed E-state index contributed by atoms with van der Waals surface area (Å²) in [6, 6.07) is 0. The van der Waals surface area contributed by atoms with Gasteiger partial charge in [0.25, 0.3) is 0 Å². The van der Waals surface area contributed by atoms with E-state index in [4.69, 9.17) is 9.47 Å². The summed E-state index contributed by atoms with van der Waals surface area (Å²) in [5.41, 5.74) is 2.05. The number of azo groups is 1. The van der Waals surface area contributed by atoms with Gasteiger partial charge in [-0.15, -0.1) is 0 Å². The second-order valence-corrected chi connectivity index (χ2v) is 3.44. The van der Waals surface area contributed by atoms with E-state index in [0.717, 1.165) is 37.3 Å². The highest BCUT2D eigenvalue weighted by molar-refractivity contribution is 5.41. The summed E-state index contributed by atoms with van der Waals surface area (Å²) in [6.45, 7) is 1.54. The van der Waals surface area contributed by atoms with Gasteiger partial charge in [0.15, 0.2) is 5.79 Å². The van der Waals surface area contributed by atoms with Crippen LogP contribution in [0.15, 0.2) is 33.8 Å². The van der Waals surface area contributed by atoms with Crippen molar-refractivity contribution in [3.63, 3.8) is 0 Å². The molecule has 1 spiro atoms. The van der Waals surface area contributed by atoms with Gasteiger partial charge in [0.1, 0.15) is 0 Å². The Balaban J connectivity index is 1.92. The highest BCUT2D eigenvalue weighted by Gasteiger charge is 2.40. The van der Waals surface area contributed by atoms with Gasteiger partial charge in [0.05, 0.1) is 25.1 Å². The summed E-state index contributed by atoms with van der Waals surface area (Å²) in [6.07, 6.45) is 5.46. The Morgan fingerprint density at radius 3 is 2.92 bits per heavy atom. The summed E-state index contributed by atoms with van der Waals surface area (Å²) in [5, 5.41) is 7.81. The molecule has 0 aromatic carbocycles. The maximum absolute atomic E-state index is 5.62. The van der Waals surface area contributed by atoms with Crippen LogP contribution in [-0.4, -0.2) is 19.0 Å². The molecule has 0 amide bonds. The van der Waals surface area contributed by atoms with Crippen molar-refractivity contribution in [3.8, 4) is 0 Å². The maximum Gasteiger partial charge on any atom is 0.194 e. The Morgan fingerprint density at radius 2 is 2.15 bits per heavy atom. The van der Waals surface area contributed by atoms with E-state index in [9.17, 15) is 0 Å². The lowest BCUT2D eigenvalue weighted by Gasteiger charge is -2.31. The molecule has 2 aliphatic heterocycles. The minimum Gasteiger partial charge on any atom is -0.346 e. The van der Waals surface area contributed by atoms with Gasteiger partial charge in [-0.3, -0.25) is 0 Å². The van der Waals surface area contributed by atoms with Crippen molar-refractivity contribution in [1.82, 2.24) is 0 Å². The summed E-state index contributed by atoms with van der Waals surface area (Å²) in [5.74, 6) is -0.515. The molecule has 0 bridgehead atoms. The van der Waals surface area contributed by atoms with Crippen LogP contribution >= 0.6 is 0 Å². The quantitative estimate of drug-likeness (QED) is 0.567. The molecule has 68 valence electrons. The van der Waals surface area contributed by atoms with Crippen molar-refractivity contribution >= 4 is 0 Å². The molecular weight excluding hydrogens is 168 g/mol. The van der Waals surface area contributed by atoms with Crippen LogP contribution in [0, 0.1) is 0 Å².